The van der Waals surface area contributed by atoms with E-state index in [9.17, 15) is 0 Å². The third-order valence-corrected chi connectivity index (χ3v) is 4.91. The Morgan fingerprint density at radius 2 is 2.38 bits per heavy atom. The molecule has 21 heavy (non-hydrogen) atoms. The molecule has 2 aromatic rings. The van der Waals surface area contributed by atoms with Crippen molar-refractivity contribution < 1.29 is 4.74 Å². The molecule has 1 aromatic heterocycles. The molecule has 0 spiro atoms. The summed E-state index contributed by atoms with van der Waals surface area (Å²) in [6.45, 7) is 3.20. The second-order valence-electron chi connectivity index (χ2n) is 5.15. The highest BCUT2D eigenvalue weighted by molar-refractivity contribution is 7.99. The van der Waals surface area contributed by atoms with Crippen LogP contribution in [0.15, 0.2) is 29.7 Å². The normalized spacial score (nSPS) is 20.5. The minimum Gasteiger partial charge on any atom is -0.497 e. The summed E-state index contributed by atoms with van der Waals surface area (Å²) in [6, 6.07) is 6.70. The Hall–Kier alpha value is -1.53. The van der Waals surface area contributed by atoms with Crippen LogP contribution in [0.3, 0.4) is 0 Å². The first-order valence-corrected chi connectivity index (χ1v) is 8.12. The number of H-pyrrole nitrogens is 1. The van der Waals surface area contributed by atoms with Crippen molar-refractivity contribution in [2.45, 2.75) is 36.2 Å². The molecule has 0 saturated heterocycles. The highest BCUT2D eigenvalue weighted by atomic mass is 32.2. The van der Waals surface area contributed by atoms with Crippen molar-refractivity contribution in [3.05, 3.63) is 35.7 Å². The number of rotatable bonds is 6. The largest absolute Gasteiger partial charge is 0.497 e. The summed E-state index contributed by atoms with van der Waals surface area (Å²) in [5.41, 5.74) is 2.74. The molecular formula is C15H20N4OS. The molecule has 1 aromatic carbocycles. The zero-order chi connectivity index (χ0) is 14.7. The summed E-state index contributed by atoms with van der Waals surface area (Å²) in [4.78, 5) is 4.23. The van der Waals surface area contributed by atoms with Gasteiger partial charge in [0.05, 0.1) is 7.11 Å². The molecule has 0 amide bonds. The highest BCUT2D eigenvalue weighted by Gasteiger charge is 2.33. The van der Waals surface area contributed by atoms with Crippen LogP contribution in [0.1, 0.15) is 30.5 Å². The molecule has 0 saturated carbocycles. The van der Waals surface area contributed by atoms with E-state index in [0.29, 0.717) is 11.3 Å². The fourth-order valence-corrected chi connectivity index (χ4v) is 3.90. The Kier molecular flexibility index (Phi) is 4.45. The van der Waals surface area contributed by atoms with E-state index < -0.39 is 0 Å². The molecule has 0 radical (unpaired) electrons. The first kappa shape index (κ1) is 14.4. The zero-order valence-corrected chi connectivity index (χ0v) is 13.1. The number of hydrogen-bond acceptors (Lipinski definition) is 5. The first-order valence-electron chi connectivity index (χ1n) is 7.24. The van der Waals surface area contributed by atoms with Crippen molar-refractivity contribution >= 4 is 11.8 Å². The molecule has 5 nitrogen and oxygen atoms in total. The minimum absolute atomic E-state index is 0.324. The van der Waals surface area contributed by atoms with E-state index in [4.69, 9.17) is 4.74 Å². The van der Waals surface area contributed by atoms with Gasteiger partial charge >= 0.3 is 0 Å². The van der Waals surface area contributed by atoms with Gasteiger partial charge in [0.25, 0.3) is 0 Å². The maximum atomic E-state index is 5.37. The number of nitrogens with one attached hydrogen (secondary N) is 2. The molecule has 0 bridgehead atoms. The van der Waals surface area contributed by atoms with E-state index in [1.54, 1.807) is 25.2 Å². The van der Waals surface area contributed by atoms with Crippen molar-refractivity contribution in [1.82, 2.24) is 20.5 Å². The van der Waals surface area contributed by atoms with Gasteiger partial charge in [-0.1, -0.05) is 24.8 Å². The summed E-state index contributed by atoms with van der Waals surface area (Å²) in [7, 11) is 1.71. The number of hydrogen-bond donors (Lipinski definition) is 2. The topological polar surface area (TPSA) is 62.8 Å². The number of thioether (sulfide) groups is 1. The predicted octanol–water partition coefficient (Wildman–Crippen LogP) is 2.57. The Morgan fingerprint density at radius 1 is 1.48 bits per heavy atom. The summed E-state index contributed by atoms with van der Waals surface area (Å²) >= 11 is 1.75. The number of aromatic nitrogens is 3. The van der Waals surface area contributed by atoms with Crippen LogP contribution < -0.4 is 10.1 Å². The van der Waals surface area contributed by atoms with Crippen molar-refractivity contribution in [2.75, 3.05) is 13.7 Å². The van der Waals surface area contributed by atoms with Gasteiger partial charge < -0.3 is 10.1 Å². The number of fused-ring (bicyclic) bond motifs is 1. The summed E-state index contributed by atoms with van der Waals surface area (Å²) in [5.74, 6) is 0.919. The van der Waals surface area contributed by atoms with Crippen LogP contribution in [0.5, 0.6) is 5.75 Å². The van der Waals surface area contributed by atoms with E-state index >= 15 is 0 Å². The third kappa shape index (κ3) is 3.06. The lowest BCUT2D eigenvalue weighted by Crippen LogP contribution is -2.27. The summed E-state index contributed by atoms with van der Waals surface area (Å²) in [5, 5.41) is 11.8. The average molecular weight is 304 g/mol. The maximum absolute atomic E-state index is 5.37. The van der Waals surface area contributed by atoms with Crippen molar-refractivity contribution in [3.63, 3.8) is 0 Å². The summed E-state index contributed by atoms with van der Waals surface area (Å²) in [6.07, 6.45) is 3.71. The zero-order valence-electron chi connectivity index (χ0n) is 12.3. The number of nitrogens with zero attached hydrogens (tertiary/aromatic N) is 2. The van der Waals surface area contributed by atoms with Crippen LogP contribution in [0.4, 0.5) is 0 Å². The molecule has 3 rings (SSSR count). The first-order chi connectivity index (χ1) is 10.3. The summed E-state index contributed by atoms with van der Waals surface area (Å²) < 4.78 is 5.37. The fraction of sp³-hybridized carbons (Fsp3) is 0.467. The lowest BCUT2D eigenvalue weighted by atomic mass is 10.1. The van der Waals surface area contributed by atoms with Gasteiger partial charge in [-0.25, -0.2) is 4.98 Å². The lowest BCUT2D eigenvalue weighted by Gasteiger charge is -2.20. The number of methoxy groups -OCH3 is 1. The molecule has 1 aliphatic rings. The fourth-order valence-electron chi connectivity index (χ4n) is 2.76. The predicted molar refractivity (Wildman–Crippen MR) is 83.8 cm³/mol. The quantitative estimate of drug-likeness (QED) is 0.859. The molecule has 112 valence electrons. The molecule has 2 N–H and O–H groups in total. The lowest BCUT2D eigenvalue weighted by molar-refractivity contribution is 0.413. The van der Waals surface area contributed by atoms with Gasteiger partial charge in [0.1, 0.15) is 12.1 Å². The second-order valence-corrected chi connectivity index (χ2v) is 6.38. The second kappa shape index (κ2) is 6.49. The molecule has 2 atom stereocenters. The van der Waals surface area contributed by atoms with Crippen molar-refractivity contribution in [1.29, 1.82) is 0 Å². The van der Waals surface area contributed by atoms with E-state index in [0.717, 1.165) is 30.3 Å². The molecular weight excluding hydrogens is 284 g/mol. The molecule has 1 heterocycles. The van der Waals surface area contributed by atoms with Crippen LogP contribution in [-0.4, -0.2) is 34.1 Å². The van der Waals surface area contributed by atoms with Gasteiger partial charge in [-0.3, -0.25) is 5.10 Å². The highest BCUT2D eigenvalue weighted by Crippen LogP contribution is 2.41. The molecule has 0 fully saturated rings. The maximum Gasteiger partial charge on any atom is 0.183 e. The Balaban J connectivity index is 1.84. The molecule has 0 aliphatic heterocycles. The van der Waals surface area contributed by atoms with Gasteiger partial charge in [0.15, 0.2) is 5.16 Å². The van der Waals surface area contributed by atoms with Crippen LogP contribution >= 0.6 is 11.8 Å². The van der Waals surface area contributed by atoms with E-state index in [1.165, 1.54) is 11.1 Å². The van der Waals surface area contributed by atoms with Gasteiger partial charge in [-0.15, -0.1) is 0 Å². The number of ether oxygens (including phenoxy) is 1. The minimum atomic E-state index is 0.324. The third-order valence-electron chi connectivity index (χ3n) is 3.75. The molecule has 2 unspecified atom stereocenters. The number of benzene rings is 1. The van der Waals surface area contributed by atoms with Crippen molar-refractivity contribution in [2.24, 2.45) is 0 Å². The van der Waals surface area contributed by atoms with E-state index in [1.807, 2.05) is 6.07 Å². The SMILES string of the molecule is CCCNC1c2cc(OC)ccc2CC1Sc1ncn[nH]1. The Morgan fingerprint density at radius 3 is 3.10 bits per heavy atom. The van der Waals surface area contributed by atoms with Gasteiger partial charge in [0.2, 0.25) is 0 Å². The van der Waals surface area contributed by atoms with Crippen LogP contribution in [0, 0.1) is 0 Å². The smallest absolute Gasteiger partial charge is 0.183 e. The molecule has 6 heteroatoms. The van der Waals surface area contributed by atoms with Crippen LogP contribution in [-0.2, 0) is 6.42 Å². The van der Waals surface area contributed by atoms with E-state index in [-0.39, 0.29) is 0 Å². The van der Waals surface area contributed by atoms with Crippen LogP contribution in [0.2, 0.25) is 0 Å². The van der Waals surface area contributed by atoms with E-state index in [2.05, 4.69) is 39.6 Å². The van der Waals surface area contributed by atoms with Gasteiger partial charge in [0, 0.05) is 11.3 Å². The Labute approximate surface area is 128 Å². The molecule has 1 aliphatic carbocycles. The van der Waals surface area contributed by atoms with Gasteiger partial charge in [-0.05, 0) is 42.6 Å². The number of aromatic amines is 1. The van der Waals surface area contributed by atoms with Gasteiger partial charge in [-0.2, -0.15) is 5.10 Å². The van der Waals surface area contributed by atoms with Crippen molar-refractivity contribution in [3.8, 4) is 5.75 Å². The Bertz CT molecular complexity index is 587. The average Bonchev–Trinajstić information content (AvgIpc) is 3.12. The monoisotopic (exact) mass is 304 g/mol. The van der Waals surface area contributed by atoms with Crippen LogP contribution in [0.25, 0.3) is 0 Å². The standard InChI is InChI=1S/C15H20N4OS/c1-3-6-16-14-12-8-11(20-2)5-4-10(12)7-13(14)21-15-17-9-18-19-15/h4-5,8-9,13-14,16H,3,6-7H2,1-2H3,(H,17,18,19).